The first-order chi connectivity index (χ1) is 7.27. The van der Waals surface area contributed by atoms with Crippen LogP contribution in [0.15, 0.2) is 44.4 Å². The number of rotatable bonds is 3. The summed E-state index contributed by atoms with van der Waals surface area (Å²) in [6, 6.07) is 5.73. The average Bonchev–Trinajstić information content (AvgIpc) is 2.73. The van der Waals surface area contributed by atoms with E-state index in [9.17, 15) is 4.79 Å². The lowest BCUT2D eigenvalue weighted by atomic mass is 10.2. The Morgan fingerprint density at radius 1 is 1.40 bits per heavy atom. The molecule has 0 aliphatic rings. The van der Waals surface area contributed by atoms with Crippen LogP contribution in [0.1, 0.15) is 5.56 Å². The monoisotopic (exact) mass is 283 g/mol. The highest BCUT2D eigenvalue weighted by atomic mass is 79.9. The van der Waals surface area contributed by atoms with Gasteiger partial charge in [-0.2, -0.15) is 11.3 Å². The largest absolute Gasteiger partial charge is 0.314 e. The molecule has 2 rings (SSSR count). The van der Waals surface area contributed by atoms with E-state index in [4.69, 9.17) is 0 Å². The number of pyridine rings is 1. The van der Waals surface area contributed by atoms with Gasteiger partial charge >= 0.3 is 0 Å². The second-order valence-electron chi connectivity index (χ2n) is 3.24. The second-order valence-corrected chi connectivity index (χ2v) is 4.87. The molecule has 0 N–H and O–H groups in total. The van der Waals surface area contributed by atoms with Gasteiger partial charge in [0, 0.05) is 12.7 Å². The normalized spacial score (nSPS) is 10.5. The summed E-state index contributed by atoms with van der Waals surface area (Å²) in [7, 11) is 0. The van der Waals surface area contributed by atoms with Crippen LogP contribution in [-0.4, -0.2) is 4.57 Å². The molecule has 0 amide bonds. The van der Waals surface area contributed by atoms with Crippen molar-refractivity contribution in [2.24, 2.45) is 0 Å². The Hall–Kier alpha value is -0.870. The highest BCUT2D eigenvalue weighted by molar-refractivity contribution is 9.10. The van der Waals surface area contributed by atoms with E-state index in [1.54, 1.807) is 22.0 Å². The third kappa shape index (κ3) is 2.58. The van der Waals surface area contributed by atoms with Gasteiger partial charge in [-0.1, -0.05) is 0 Å². The zero-order chi connectivity index (χ0) is 10.7. The maximum Gasteiger partial charge on any atom is 0.264 e. The van der Waals surface area contributed by atoms with Crippen LogP contribution in [0.25, 0.3) is 0 Å². The molecular formula is C11H10BrNOS. The van der Waals surface area contributed by atoms with Gasteiger partial charge in [0.05, 0.1) is 4.47 Å². The van der Waals surface area contributed by atoms with Crippen molar-refractivity contribution in [3.8, 4) is 0 Å². The molecule has 0 fully saturated rings. The molecule has 0 atom stereocenters. The zero-order valence-electron chi connectivity index (χ0n) is 8.02. The van der Waals surface area contributed by atoms with Crippen LogP contribution in [0.2, 0.25) is 0 Å². The first-order valence-corrected chi connectivity index (χ1v) is 6.37. The molecular weight excluding hydrogens is 274 g/mol. The molecule has 2 nitrogen and oxygen atoms in total. The van der Waals surface area contributed by atoms with Gasteiger partial charge in [-0.05, 0) is 56.9 Å². The lowest BCUT2D eigenvalue weighted by Gasteiger charge is -2.04. The van der Waals surface area contributed by atoms with Crippen molar-refractivity contribution in [2.45, 2.75) is 13.0 Å². The first kappa shape index (κ1) is 10.6. The van der Waals surface area contributed by atoms with Crippen LogP contribution in [0.3, 0.4) is 0 Å². The molecule has 0 aromatic carbocycles. The highest BCUT2D eigenvalue weighted by Crippen LogP contribution is 2.07. The number of aryl methyl sites for hydroxylation is 2. The number of halogens is 1. The zero-order valence-corrected chi connectivity index (χ0v) is 10.4. The molecule has 0 unspecified atom stereocenters. The first-order valence-electron chi connectivity index (χ1n) is 4.63. The fraction of sp³-hybridized carbons (Fsp3) is 0.182. The highest BCUT2D eigenvalue weighted by Gasteiger charge is 2.00. The van der Waals surface area contributed by atoms with Crippen molar-refractivity contribution in [1.29, 1.82) is 0 Å². The summed E-state index contributed by atoms with van der Waals surface area (Å²) in [5.74, 6) is 0. The quantitative estimate of drug-likeness (QED) is 0.849. The van der Waals surface area contributed by atoms with E-state index in [0.29, 0.717) is 4.47 Å². The molecule has 78 valence electrons. The lowest BCUT2D eigenvalue weighted by Crippen LogP contribution is -2.20. The summed E-state index contributed by atoms with van der Waals surface area (Å²) >= 11 is 4.92. The van der Waals surface area contributed by atoms with Gasteiger partial charge in [0.2, 0.25) is 0 Å². The maximum absolute atomic E-state index is 11.6. The minimum atomic E-state index is 0.0349. The summed E-state index contributed by atoms with van der Waals surface area (Å²) in [5.41, 5.74) is 1.32. The molecule has 0 radical (unpaired) electrons. The number of thiophene rings is 1. The van der Waals surface area contributed by atoms with Crippen LogP contribution >= 0.6 is 27.3 Å². The predicted molar refractivity (Wildman–Crippen MR) is 66.4 cm³/mol. The Morgan fingerprint density at radius 2 is 2.27 bits per heavy atom. The molecule has 0 saturated heterocycles. The third-order valence-corrected chi connectivity index (χ3v) is 3.53. The van der Waals surface area contributed by atoms with Crippen molar-refractivity contribution in [1.82, 2.24) is 4.57 Å². The third-order valence-electron chi connectivity index (χ3n) is 2.20. The van der Waals surface area contributed by atoms with E-state index >= 15 is 0 Å². The molecule has 0 aliphatic carbocycles. The summed E-state index contributed by atoms with van der Waals surface area (Å²) in [4.78, 5) is 11.6. The van der Waals surface area contributed by atoms with Crippen LogP contribution in [0.5, 0.6) is 0 Å². The van der Waals surface area contributed by atoms with E-state index < -0.39 is 0 Å². The summed E-state index contributed by atoms with van der Waals surface area (Å²) in [6.07, 6.45) is 2.72. The molecule has 2 aromatic heterocycles. The van der Waals surface area contributed by atoms with Gasteiger partial charge in [-0.25, -0.2) is 0 Å². The number of hydrogen-bond acceptors (Lipinski definition) is 2. The lowest BCUT2D eigenvalue weighted by molar-refractivity contribution is 0.668. The van der Waals surface area contributed by atoms with E-state index in [2.05, 4.69) is 32.8 Å². The molecule has 2 heterocycles. The molecule has 15 heavy (non-hydrogen) atoms. The summed E-state index contributed by atoms with van der Waals surface area (Å²) in [5, 5.41) is 4.17. The minimum absolute atomic E-state index is 0.0349. The standard InChI is InChI=1S/C11H10BrNOS/c12-10-2-1-5-13(11(10)14)6-3-9-4-7-15-8-9/h1-2,4-5,7-8H,3,6H2. The molecule has 4 heteroatoms. The second kappa shape index (κ2) is 4.77. The van der Waals surface area contributed by atoms with E-state index in [-0.39, 0.29) is 5.56 Å². The molecule has 0 aliphatic heterocycles. The van der Waals surface area contributed by atoms with Crippen molar-refractivity contribution < 1.29 is 0 Å². The van der Waals surface area contributed by atoms with Crippen LogP contribution in [0, 0.1) is 0 Å². The van der Waals surface area contributed by atoms with Crippen LogP contribution in [-0.2, 0) is 13.0 Å². The number of aromatic nitrogens is 1. The fourth-order valence-corrected chi connectivity index (χ4v) is 2.45. The van der Waals surface area contributed by atoms with Gasteiger partial charge < -0.3 is 4.57 Å². The van der Waals surface area contributed by atoms with Gasteiger partial charge in [-0.15, -0.1) is 0 Å². The van der Waals surface area contributed by atoms with Crippen LogP contribution in [0.4, 0.5) is 0 Å². The van der Waals surface area contributed by atoms with Crippen LogP contribution < -0.4 is 5.56 Å². The Bertz CT molecular complexity index is 490. The van der Waals surface area contributed by atoms with Crippen molar-refractivity contribution in [3.05, 3.63) is 55.5 Å². The topological polar surface area (TPSA) is 22.0 Å². The van der Waals surface area contributed by atoms with Gasteiger partial charge in [-0.3, -0.25) is 4.79 Å². The average molecular weight is 284 g/mol. The molecule has 0 saturated carbocycles. The number of nitrogens with zero attached hydrogens (tertiary/aromatic N) is 1. The maximum atomic E-state index is 11.6. The van der Waals surface area contributed by atoms with Gasteiger partial charge in [0.25, 0.3) is 5.56 Å². The SMILES string of the molecule is O=c1c(Br)cccn1CCc1ccsc1. The molecule has 2 aromatic rings. The number of hydrogen-bond donors (Lipinski definition) is 0. The van der Waals surface area contributed by atoms with E-state index in [1.807, 2.05) is 12.3 Å². The molecule has 0 bridgehead atoms. The van der Waals surface area contributed by atoms with E-state index in [0.717, 1.165) is 13.0 Å². The Morgan fingerprint density at radius 3 is 3.00 bits per heavy atom. The van der Waals surface area contributed by atoms with E-state index in [1.165, 1.54) is 5.56 Å². The van der Waals surface area contributed by atoms with Crippen molar-refractivity contribution in [2.75, 3.05) is 0 Å². The van der Waals surface area contributed by atoms with Crippen molar-refractivity contribution >= 4 is 27.3 Å². The molecule has 0 spiro atoms. The smallest absolute Gasteiger partial charge is 0.264 e. The van der Waals surface area contributed by atoms with Gasteiger partial charge in [0.1, 0.15) is 0 Å². The fourth-order valence-electron chi connectivity index (χ4n) is 1.37. The minimum Gasteiger partial charge on any atom is -0.314 e. The Labute approximate surface area is 100 Å². The summed E-state index contributed by atoms with van der Waals surface area (Å²) < 4.78 is 2.34. The Balaban J connectivity index is 2.12. The van der Waals surface area contributed by atoms with Crippen molar-refractivity contribution in [3.63, 3.8) is 0 Å². The predicted octanol–water partition coefficient (Wildman–Crippen LogP) is 2.92. The Kier molecular flexibility index (Phi) is 3.38. The van der Waals surface area contributed by atoms with Gasteiger partial charge in [0.15, 0.2) is 0 Å². The summed E-state index contributed by atoms with van der Waals surface area (Å²) in [6.45, 7) is 0.731.